The lowest BCUT2D eigenvalue weighted by Gasteiger charge is -2.33. The number of hydrogen-bond acceptors (Lipinski definition) is 6. The van der Waals surface area contributed by atoms with E-state index >= 15 is 0 Å². The van der Waals surface area contributed by atoms with Crippen LogP contribution in [0.15, 0.2) is 18.2 Å². The van der Waals surface area contributed by atoms with Crippen LogP contribution in [0.4, 0.5) is 10.2 Å². The number of aldehydes is 1. The Morgan fingerprint density at radius 1 is 1.37 bits per heavy atom. The normalized spacial score (nSPS) is 19.1. The van der Waals surface area contributed by atoms with Crippen molar-refractivity contribution in [1.82, 2.24) is 19.8 Å². The van der Waals surface area contributed by atoms with E-state index in [0.717, 1.165) is 12.1 Å². The molecule has 0 bridgehead atoms. The van der Waals surface area contributed by atoms with Gasteiger partial charge in [-0.2, -0.15) is 0 Å². The largest absolute Gasteiger partial charge is 0.379 e. The molecule has 1 atom stereocenters. The molecular formula is C19H19ClFN5O4. The molecule has 1 saturated heterocycles. The van der Waals surface area contributed by atoms with Crippen LogP contribution in [0.25, 0.3) is 0 Å². The molecule has 2 aliphatic rings. The van der Waals surface area contributed by atoms with Crippen molar-refractivity contribution in [2.75, 3.05) is 38.2 Å². The highest BCUT2D eigenvalue weighted by molar-refractivity contribution is 6.31. The number of ether oxygens (including phenoxy) is 1. The molecule has 1 aromatic carbocycles. The summed E-state index contributed by atoms with van der Waals surface area (Å²) >= 11 is 5.82. The van der Waals surface area contributed by atoms with Crippen molar-refractivity contribution in [3.63, 3.8) is 0 Å². The minimum absolute atomic E-state index is 0.0131. The lowest BCUT2D eigenvalue weighted by atomic mass is 10.1. The maximum atomic E-state index is 13.6. The van der Waals surface area contributed by atoms with Crippen LogP contribution in [0, 0.1) is 5.82 Å². The molecule has 0 saturated carbocycles. The van der Waals surface area contributed by atoms with Gasteiger partial charge in [-0.3, -0.25) is 19.3 Å². The lowest BCUT2D eigenvalue weighted by molar-refractivity contribution is -0.126. The SMILES string of the molecule is O=Cc1nc(NC(=O)c2cc(F)cc(Cl)c2)c2n1C(CN1CCOCC1)C(=O)NC2. The van der Waals surface area contributed by atoms with Gasteiger partial charge in [0.1, 0.15) is 11.9 Å². The van der Waals surface area contributed by atoms with Gasteiger partial charge in [0.05, 0.1) is 25.5 Å². The van der Waals surface area contributed by atoms with Crippen LogP contribution in [0.1, 0.15) is 32.7 Å². The number of nitrogens with zero attached hydrogens (tertiary/aromatic N) is 3. The summed E-state index contributed by atoms with van der Waals surface area (Å²) in [5.41, 5.74) is 0.505. The third-order valence-electron chi connectivity index (χ3n) is 5.08. The van der Waals surface area contributed by atoms with E-state index in [2.05, 4.69) is 20.5 Å². The van der Waals surface area contributed by atoms with Gasteiger partial charge in [0.15, 0.2) is 17.9 Å². The zero-order valence-corrected chi connectivity index (χ0v) is 16.6. The third kappa shape index (κ3) is 4.07. The molecule has 9 nitrogen and oxygen atoms in total. The molecule has 0 spiro atoms. The fraction of sp³-hybridized carbons (Fsp3) is 0.368. The van der Waals surface area contributed by atoms with Crippen LogP contribution in [-0.4, -0.2) is 65.4 Å². The number of carbonyl (C=O) groups is 3. The molecular weight excluding hydrogens is 417 g/mol. The average molecular weight is 436 g/mol. The highest BCUT2D eigenvalue weighted by Crippen LogP contribution is 2.27. The van der Waals surface area contributed by atoms with E-state index in [0.29, 0.717) is 44.8 Å². The topological polar surface area (TPSA) is 106 Å². The van der Waals surface area contributed by atoms with Gasteiger partial charge in [0.2, 0.25) is 5.91 Å². The minimum atomic E-state index is -0.672. The standard InChI is InChI=1S/C19H19ClFN5O4/c20-12-5-11(6-13(21)7-12)18(28)24-17-14-8-22-19(29)15(26(14)16(10-27)23-17)9-25-1-3-30-4-2-25/h5-7,10,15H,1-4,8-9H2,(H,22,29)(H,24,28). The number of amides is 2. The lowest BCUT2D eigenvalue weighted by Crippen LogP contribution is -2.47. The second kappa shape index (κ2) is 8.50. The van der Waals surface area contributed by atoms with Crippen LogP contribution in [0.2, 0.25) is 5.02 Å². The molecule has 2 aromatic rings. The smallest absolute Gasteiger partial charge is 0.257 e. The van der Waals surface area contributed by atoms with E-state index in [9.17, 15) is 18.8 Å². The Hall–Kier alpha value is -2.82. The van der Waals surface area contributed by atoms with Crippen LogP contribution >= 0.6 is 11.6 Å². The second-order valence-electron chi connectivity index (χ2n) is 7.01. The van der Waals surface area contributed by atoms with E-state index in [4.69, 9.17) is 16.3 Å². The predicted octanol–water partition coefficient (Wildman–Crippen LogP) is 1.24. The molecule has 0 aliphatic carbocycles. The fourth-order valence-electron chi connectivity index (χ4n) is 3.65. The Kier molecular flexibility index (Phi) is 5.80. The first-order valence-corrected chi connectivity index (χ1v) is 9.75. The minimum Gasteiger partial charge on any atom is -0.379 e. The number of benzene rings is 1. The van der Waals surface area contributed by atoms with Gasteiger partial charge < -0.3 is 19.9 Å². The van der Waals surface area contributed by atoms with Gasteiger partial charge in [0, 0.05) is 30.2 Å². The number of nitrogens with one attached hydrogen (secondary N) is 2. The van der Waals surface area contributed by atoms with Crippen molar-refractivity contribution >= 4 is 35.5 Å². The first-order valence-electron chi connectivity index (χ1n) is 9.38. The molecule has 2 aliphatic heterocycles. The summed E-state index contributed by atoms with van der Waals surface area (Å²) in [5, 5.41) is 5.46. The van der Waals surface area contributed by atoms with Gasteiger partial charge in [-0.1, -0.05) is 11.6 Å². The van der Waals surface area contributed by atoms with Crippen molar-refractivity contribution in [2.45, 2.75) is 12.6 Å². The van der Waals surface area contributed by atoms with Crippen LogP contribution in [-0.2, 0) is 16.1 Å². The summed E-state index contributed by atoms with van der Waals surface area (Å²) < 4.78 is 20.5. The van der Waals surface area contributed by atoms with Crippen molar-refractivity contribution < 1.29 is 23.5 Å². The summed E-state index contributed by atoms with van der Waals surface area (Å²) in [6.45, 7) is 2.97. The number of aromatic nitrogens is 2. The predicted molar refractivity (Wildman–Crippen MR) is 105 cm³/mol. The maximum absolute atomic E-state index is 13.6. The number of carbonyl (C=O) groups excluding carboxylic acids is 3. The summed E-state index contributed by atoms with van der Waals surface area (Å²) in [7, 11) is 0. The molecule has 4 rings (SSSR count). The highest BCUT2D eigenvalue weighted by Gasteiger charge is 2.34. The fourth-order valence-corrected chi connectivity index (χ4v) is 3.87. The van der Waals surface area contributed by atoms with E-state index in [1.807, 2.05) is 0 Å². The number of imidazole rings is 1. The first kappa shape index (κ1) is 20.5. The molecule has 0 radical (unpaired) electrons. The molecule has 158 valence electrons. The molecule has 3 heterocycles. The van der Waals surface area contributed by atoms with Gasteiger partial charge in [-0.05, 0) is 18.2 Å². The molecule has 1 unspecified atom stereocenters. The first-order chi connectivity index (χ1) is 14.5. The summed E-state index contributed by atoms with van der Waals surface area (Å²) in [6.07, 6.45) is 0.545. The van der Waals surface area contributed by atoms with Crippen molar-refractivity contribution in [1.29, 1.82) is 0 Å². The summed E-state index contributed by atoms with van der Waals surface area (Å²) in [4.78, 5) is 43.1. The molecule has 30 heavy (non-hydrogen) atoms. The van der Waals surface area contributed by atoms with Crippen LogP contribution in [0.5, 0.6) is 0 Å². The molecule has 2 N–H and O–H groups in total. The Labute approximate surface area is 176 Å². The van der Waals surface area contributed by atoms with Gasteiger partial charge in [-0.25, -0.2) is 9.37 Å². The molecule has 1 aromatic heterocycles. The average Bonchev–Trinajstić information content (AvgIpc) is 3.08. The van der Waals surface area contributed by atoms with Crippen LogP contribution < -0.4 is 10.6 Å². The molecule has 1 fully saturated rings. The number of morpholine rings is 1. The monoisotopic (exact) mass is 435 g/mol. The highest BCUT2D eigenvalue weighted by atomic mass is 35.5. The number of rotatable bonds is 5. The van der Waals surface area contributed by atoms with Gasteiger partial charge in [0.25, 0.3) is 5.91 Å². The summed E-state index contributed by atoms with van der Waals surface area (Å²) in [6, 6.07) is 2.79. The Morgan fingerprint density at radius 2 is 2.13 bits per heavy atom. The Bertz CT molecular complexity index is 985. The number of anilines is 1. The zero-order valence-electron chi connectivity index (χ0n) is 15.9. The molecule has 11 heteroatoms. The number of hydrogen-bond donors (Lipinski definition) is 2. The Balaban J connectivity index is 1.63. The maximum Gasteiger partial charge on any atom is 0.257 e. The Morgan fingerprint density at radius 3 is 2.83 bits per heavy atom. The number of halogens is 2. The van der Waals surface area contributed by atoms with E-state index in [1.54, 1.807) is 4.57 Å². The zero-order chi connectivity index (χ0) is 21.3. The second-order valence-corrected chi connectivity index (χ2v) is 7.45. The molecule has 2 amide bonds. The summed E-state index contributed by atoms with van der Waals surface area (Å²) in [5.74, 6) is -1.34. The number of fused-ring (bicyclic) bond motifs is 1. The van der Waals surface area contributed by atoms with Crippen molar-refractivity contribution in [3.8, 4) is 0 Å². The van der Waals surface area contributed by atoms with E-state index in [-0.39, 0.29) is 34.7 Å². The van der Waals surface area contributed by atoms with Crippen LogP contribution in [0.3, 0.4) is 0 Å². The van der Waals surface area contributed by atoms with Gasteiger partial charge >= 0.3 is 0 Å². The quantitative estimate of drug-likeness (QED) is 0.685. The van der Waals surface area contributed by atoms with E-state index < -0.39 is 17.8 Å². The van der Waals surface area contributed by atoms with Crippen molar-refractivity contribution in [3.05, 3.63) is 46.1 Å². The van der Waals surface area contributed by atoms with Gasteiger partial charge in [-0.15, -0.1) is 0 Å². The van der Waals surface area contributed by atoms with E-state index in [1.165, 1.54) is 6.07 Å². The third-order valence-corrected chi connectivity index (χ3v) is 5.30. The van der Waals surface area contributed by atoms with Crippen molar-refractivity contribution in [2.24, 2.45) is 0 Å².